The molecule has 241 valence electrons. The zero-order valence-electron chi connectivity index (χ0n) is 37.4. The Kier molecular flexibility index (Phi) is 6.26. The predicted octanol–water partition coefficient (Wildman–Crippen LogP) is 8.34. The number of rotatable bonds is 3. The number of ether oxygens (including phenoxy) is 2. The number of nitrogens with zero attached hydrogens (tertiary/aromatic N) is 2. The quantitative estimate of drug-likeness (QED) is 0.133. The first-order valence-electron chi connectivity index (χ1n) is 20.7. The number of hydrogen-bond donors (Lipinski definition) is 0. The van der Waals surface area contributed by atoms with Crippen LogP contribution in [0.4, 0.5) is 0 Å². The van der Waals surface area contributed by atoms with Crippen molar-refractivity contribution in [2.75, 3.05) is 0 Å². The Morgan fingerprint density at radius 1 is 0.792 bits per heavy atom. The van der Waals surface area contributed by atoms with Crippen LogP contribution < -0.4 is 25.9 Å². The zero-order chi connectivity index (χ0) is 42.0. The SMILES string of the molecule is [2H]C([2H])([2H])c1c[c-]c(-c2cc(C([2H])([2H])[2H])c(C([2H])([2H])[2H])cn2)cc1.[2H]C([2H])(c1ccnc(-c2[c-]ccc3c2Oc2cccc4c2B3c2ccccc2O4)c1)C(C)(C)C.[Ir]. The molecule has 0 saturated heterocycles. The van der Waals surface area contributed by atoms with Gasteiger partial charge in [-0.15, -0.1) is 59.1 Å². The van der Waals surface area contributed by atoms with E-state index in [1.54, 1.807) is 12.3 Å². The van der Waals surface area contributed by atoms with Crippen LogP contribution in [0.5, 0.6) is 23.0 Å². The summed E-state index contributed by atoms with van der Waals surface area (Å²) < 4.78 is 97.0. The van der Waals surface area contributed by atoms with E-state index in [0.717, 1.165) is 45.4 Å². The van der Waals surface area contributed by atoms with E-state index in [0.29, 0.717) is 22.6 Å². The van der Waals surface area contributed by atoms with Gasteiger partial charge in [-0.1, -0.05) is 80.7 Å². The molecule has 48 heavy (non-hydrogen) atoms. The second-order valence-corrected chi connectivity index (χ2v) is 12.4. The molecule has 2 aromatic heterocycles. The first kappa shape index (κ1) is 22.2. The molecule has 4 heterocycles. The molecule has 1 radical (unpaired) electrons. The molecular weight excluding hydrogens is 768 g/mol. The maximum absolute atomic E-state index is 8.72. The molecule has 0 bridgehead atoms. The van der Waals surface area contributed by atoms with E-state index < -0.39 is 32.3 Å². The number of hydrogen-bond acceptors (Lipinski definition) is 4. The largest absolute Gasteiger partial charge is 0.503 e. The van der Waals surface area contributed by atoms with Crippen LogP contribution in [0, 0.1) is 38.1 Å². The molecule has 0 aliphatic carbocycles. The van der Waals surface area contributed by atoms with E-state index in [1.165, 1.54) is 24.3 Å². The number of benzene rings is 4. The van der Waals surface area contributed by atoms with Crippen LogP contribution in [0.3, 0.4) is 0 Å². The van der Waals surface area contributed by atoms with Crippen molar-refractivity contribution in [3.8, 4) is 45.5 Å². The summed E-state index contributed by atoms with van der Waals surface area (Å²) in [6.45, 7) is -1.78. The first-order valence-corrected chi connectivity index (χ1v) is 15.2. The standard InChI is InChI=1S/C28H23BNO2.C14H14N.Ir/c1-28(2,3)17-18-14-15-30-22(16-18)19-8-6-10-21-27(19)32-25-13-7-12-24-26(25)29(21)20-9-4-5-11-23(20)31-24;1-10-4-6-13(7-5-10)14-8-11(2)12(3)9-15-14;/h4-7,9-16H,17H2,1-3H3;4-6,8-9H,1-3H3;/q2*-1;/i17D2;1D3,2D3,3D3;. The molecule has 4 aromatic carbocycles. The van der Waals surface area contributed by atoms with Crippen molar-refractivity contribution in [3.05, 3.63) is 138 Å². The second-order valence-electron chi connectivity index (χ2n) is 12.4. The Morgan fingerprint density at radius 2 is 1.60 bits per heavy atom. The summed E-state index contributed by atoms with van der Waals surface area (Å²) in [6, 6.07) is 32.9. The van der Waals surface area contributed by atoms with E-state index in [4.69, 9.17) is 24.6 Å². The fourth-order valence-electron chi connectivity index (χ4n) is 5.80. The molecule has 6 heteroatoms. The Morgan fingerprint density at radius 3 is 2.38 bits per heavy atom. The molecule has 0 spiro atoms. The first-order chi connectivity index (χ1) is 27.1. The fourth-order valence-corrected chi connectivity index (χ4v) is 5.80. The minimum absolute atomic E-state index is 0. The summed E-state index contributed by atoms with van der Waals surface area (Å²) in [5.74, 6) is 3.11. The van der Waals surface area contributed by atoms with Crippen molar-refractivity contribution in [1.29, 1.82) is 0 Å². The van der Waals surface area contributed by atoms with Gasteiger partial charge in [0, 0.05) is 58.8 Å². The molecule has 6 aromatic rings. The van der Waals surface area contributed by atoms with Crippen molar-refractivity contribution in [2.45, 2.75) is 47.7 Å². The molecule has 0 unspecified atom stereocenters. The molecular formula is C42H37BIrN2O2-2. The van der Waals surface area contributed by atoms with Gasteiger partial charge < -0.3 is 19.4 Å². The van der Waals surface area contributed by atoms with Crippen LogP contribution in [-0.2, 0) is 26.5 Å². The summed E-state index contributed by atoms with van der Waals surface area (Å²) in [4.78, 5) is 8.59. The van der Waals surface area contributed by atoms with Gasteiger partial charge in [-0.25, -0.2) is 0 Å². The third-order valence-corrected chi connectivity index (χ3v) is 7.80. The van der Waals surface area contributed by atoms with Crippen LogP contribution in [0.15, 0.2) is 103 Å². The molecule has 2 aliphatic rings. The Labute approximate surface area is 313 Å². The molecule has 0 fully saturated rings. The van der Waals surface area contributed by atoms with Crippen LogP contribution in [-0.4, -0.2) is 16.7 Å². The minimum atomic E-state index is -2.61. The van der Waals surface area contributed by atoms with E-state index in [1.807, 2.05) is 75.4 Å². The Balaban J connectivity index is 0.000000208. The van der Waals surface area contributed by atoms with Gasteiger partial charge in [-0.05, 0) is 72.2 Å². The van der Waals surface area contributed by atoms with Crippen molar-refractivity contribution in [1.82, 2.24) is 9.97 Å². The average molecular weight is 816 g/mol. The van der Waals surface area contributed by atoms with Gasteiger partial charge in [0.05, 0.1) is 0 Å². The van der Waals surface area contributed by atoms with Gasteiger partial charge in [0.15, 0.2) is 0 Å². The topological polar surface area (TPSA) is 44.2 Å². The van der Waals surface area contributed by atoms with Crippen molar-refractivity contribution >= 4 is 23.1 Å². The second kappa shape index (κ2) is 13.5. The number of para-hydroxylation sites is 1. The van der Waals surface area contributed by atoms with Gasteiger partial charge in [-0.2, -0.15) is 0 Å². The van der Waals surface area contributed by atoms with Gasteiger partial charge >= 0.3 is 0 Å². The smallest absolute Gasteiger partial charge is 0.241 e. The van der Waals surface area contributed by atoms with Crippen molar-refractivity contribution in [3.63, 3.8) is 0 Å². The molecule has 2 aliphatic heterocycles. The summed E-state index contributed by atoms with van der Waals surface area (Å²) in [5.41, 5.74) is 4.59. The van der Waals surface area contributed by atoms with E-state index >= 15 is 0 Å². The Hall–Kier alpha value is -4.51. The molecule has 4 nitrogen and oxygen atoms in total. The summed E-state index contributed by atoms with van der Waals surface area (Å²) in [6.07, 6.45) is 1.16. The van der Waals surface area contributed by atoms with Crippen LogP contribution in [0.25, 0.3) is 22.5 Å². The fraction of sp³-hybridized carbons (Fsp3) is 0.190. The molecule has 0 saturated carbocycles. The minimum Gasteiger partial charge on any atom is -0.503 e. The van der Waals surface area contributed by atoms with Gasteiger partial charge in [0.25, 0.3) is 0 Å². The maximum Gasteiger partial charge on any atom is 0.241 e. The van der Waals surface area contributed by atoms with E-state index in [2.05, 4.69) is 28.2 Å². The normalized spacial score (nSPS) is 16.6. The summed E-state index contributed by atoms with van der Waals surface area (Å²) in [5, 5.41) is 0. The van der Waals surface area contributed by atoms with Crippen LogP contribution >= 0.6 is 0 Å². The molecule has 8 rings (SSSR count). The zero-order valence-corrected chi connectivity index (χ0v) is 28.8. The number of pyridine rings is 2. The number of fused-ring (bicyclic) bond motifs is 4. The van der Waals surface area contributed by atoms with Crippen molar-refractivity contribution in [2.24, 2.45) is 5.41 Å². The monoisotopic (exact) mass is 816 g/mol. The average Bonchev–Trinajstić information content (AvgIpc) is 3.16. The molecule has 0 amide bonds. The van der Waals surface area contributed by atoms with Gasteiger partial charge in [-0.3, -0.25) is 0 Å². The summed E-state index contributed by atoms with van der Waals surface area (Å²) in [7, 11) is 0. The summed E-state index contributed by atoms with van der Waals surface area (Å²) >= 11 is 0. The number of aromatic nitrogens is 2. The third-order valence-electron chi connectivity index (χ3n) is 7.80. The van der Waals surface area contributed by atoms with Crippen LogP contribution in [0.2, 0.25) is 0 Å². The molecule has 0 atom stereocenters. The Bertz CT molecular complexity index is 2520. The number of aryl methyl sites for hydroxylation is 3. The van der Waals surface area contributed by atoms with Gasteiger partial charge in [0.1, 0.15) is 17.2 Å². The van der Waals surface area contributed by atoms with E-state index in [-0.39, 0.29) is 49.2 Å². The van der Waals surface area contributed by atoms with E-state index in [9.17, 15) is 0 Å². The van der Waals surface area contributed by atoms with Gasteiger partial charge in [0.2, 0.25) is 6.71 Å². The third kappa shape index (κ3) is 6.74. The van der Waals surface area contributed by atoms with Crippen molar-refractivity contribution < 1.29 is 44.7 Å². The predicted molar refractivity (Wildman–Crippen MR) is 192 cm³/mol. The van der Waals surface area contributed by atoms with Crippen LogP contribution in [0.1, 0.15) is 58.1 Å². The maximum atomic E-state index is 8.72. The molecule has 0 N–H and O–H groups in total.